The van der Waals surface area contributed by atoms with Gasteiger partial charge in [-0.25, -0.2) is 34.9 Å². The molecule has 4 saturated heterocycles. The zero-order valence-corrected chi connectivity index (χ0v) is 90.6. The number of imidazole rings is 1. The Labute approximate surface area is 887 Å². The highest BCUT2D eigenvalue weighted by Crippen LogP contribution is 2.37. The number of nitriles is 2. The average Bonchev–Trinajstić information content (AvgIpc) is 1.65. The molecule has 0 aliphatic carbocycles. The van der Waals surface area contributed by atoms with E-state index in [-0.39, 0.29) is 140 Å². The molecule has 5 amide bonds. The fourth-order valence-corrected chi connectivity index (χ4v) is 14.9. The quantitative estimate of drug-likeness (QED) is 0.00963. The number of ether oxygens (including phenoxy) is 9. The summed E-state index contributed by atoms with van der Waals surface area (Å²) in [5.74, 6) is 4.72. The zero-order valence-electron chi connectivity index (χ0n) is 87.4. The van der Waals surface area contributed by atoms with Crippen molar-refractivity contribution < 1.29 is 104 Å². The van der Waals surface area contributed by atoms with Crippen molar-refractivity contribution in [3.63, 3.8) is 0 Å². The van der Waals surface area contributed by atoms with E-state index in [4.69, 9.17) is 80.4 Å². The second-order valence-corrected chi connectivity index (χ2v) is 44.2. The van der Waals surface area contributed by atoms with Crippen LogP contribution >= 0.6 is 28.3 Å². The van der Waals surface area contributed by atoms with E-state index in [1.165, 1.54) is 0 Å². The Morgan fingerprint density at radius 1 is 0.500 bits per heavy atom. The number of benzene rings is 5. The number of nitrogens with one attached hydrogen (secondary N) is 3. The van der Waals surface area contributed by atoms with Crippen molar-refractivity contribution in [2.24, 2.45) is 27.9 Å². The van der Waals surface area contributed by atoms with Crippen LogP contribution in [0, 0.1) is 33.5 Å². The largest absolute Gasteiger partial charge is 0.444 e. The average molecular weight is 2160 g/mol. The minimum atomic E-state index is -3.66. The van der Waals surface area contributed by atoms with Crippen LogP contribution in [0.15, 0.2) is 133 Å². The lowest BCUT2D eigenvalue weighted by molar-refractivity contribution is -0.123. The van der Waals surface area contributed by atoms with Crippen molar-refractivity contribution in [1.82, 2.24) is 34.9 Å². The first kappa shape index (κ1) is 144. The Balaban J connectivity index is -0.000000541. The van der Waals surface area contributed by atoms with Gasteiger partial charge in [0.2, 0.25) is 0 Å². The van der Waals surface area contributed by atoms with E-state index in [0.717, 1.165) is 59.1 Å². The third kappa shape index (κ3) is 49.5. The number of aliphatic hydroxyl groups is 1. The summed E-state index contributed by atoms with van der Waals surface area (Å²) in [6.45, 7) is 56.5. The molecule has 4 aliphatic rings. The van der Waals surface area contributed by atoms with Gasteiger partial charge in [0.15, 0.2) is 5.84 Å². The highest BCUT2D eigenvalue weighted by molar-refractivity contribution is 9.09. The number of alkyl carbamates (subject to hydrolysis) is 1. The van der Waals surface area contributed by atoms with Gasteiger partial charge in [0.25, 0.3) is 0 Å². The number of carbonyl (C=O) groups excluding carboxylic acids is 6. The Hall–Kier alpha value is -10.6. The lowest BCUT2D eigenvalue weighted by atomic mass is 9.92. The SMILES string of the molecule is C.C.C.C.C.C.CC(C)(C)C(=O)CBr.CC(C)(C)OC(=O)N1[C@@H](Cc2ccc(-c3ncc(C(C)(C)C)[nH]3)cc2)COC1(C)C.CC(C)(C)OC(=O)N1[C@@H](Cc2ccc(C#N)cc2)COC1(C)C.CC(C)(C)OC(=O)N1[C@@H](Cc2ccc(C(=N)N)cc2)COC1(C)C.CC(C)(C)OC(=O)N1[C@@H](Cc2ccc(C(N)=NO)cc2)COC1(C)C.CC(C)(C)OC(=O)N[C@H](CO)Cc1ccc(C#N)cc1.COS(=O)(=O)OC.Cl.NO. The summed E-state index contributed by atoms with van der Waals surface area (Å²) in [6.07, 6.45) is 3.02. The van der Waals surface area contributed by atoms with Gasteiger partial charge in [-0.3, -0.25) is 38.2 Å². The maximum atomic E-state index is 12.8. The molecule has 4 fully saturated rings. The van der Waals surface area contributed by atoms with Gasteiger partial charge in [0.05, 0.1) is 106 Å². The van der Waals surface area contributed by atoms with Gasteiger partial charge in [0, 0.05) is 39.4 Å². The first-order valence-corrected chi connectivity index (χ1v) is 47.9. The van der Waals surface area contributed by atoms with E-state index >= 15 is 0 Å². The van der Waals surface area contributed by atoms with Gasteiger partial charge in [-0.15, -0.1) is 12.4 Å². The van der Waals surface area contributed by atoms with Crippen LogP contribution in [0.3, 0.4) is 0 Å². The first-order valence-electron chi connectivity index (χ1n) is 45.5. The summed E-state index contributed by atoms with van der Waals surface area (Å²) in [5.41, 5.74) is 15.2. The Morgan fingerprint density at radius 2 is 0.774 bits per heavy atom. The first-order chi connectivity index (χ1) is 63.8. The molecule has 10 rings (SSSR count). The standard InChI is InChI=1S/C24H35N3O3.C18H27N3O4.C18H27N3O3.C18H24N2O3.C15H20N2O3.C6H11BrO.C2H6O4S.6CH4.ClH.H3NO/c1-22(2,3)19-14-25-20(26-19)17-11-9-16(10-12-17)13-18-15-29-24(7,8)27(18)21(28)30-23(4,5)6;1-17(2,3)25-16(22)21-14(11-24-18(21,4)5)10-12-6-8-13(9-7-12)15(19)20-23;1-17(2,3)24-16(22)21-14(11-23-18(21,4)5)10-12-6-8-13(9-7-12)15(19)20;1-17(2,3)23-16(21)20-15(12-22-18(20,4)5)10-13-6-8-14(11-19)9-7-13;1-15(2,3)20-14(19)17-13(10-18)8-11-4-6-12(9-16)7-5-11;1-6(2,3)5(8)4-7;1-5-7(3,4)6-2;;;;;;;;1-2/h9-12,14,18H,13,15H2,1-8H3,(H,25,26);6-9,14,23H,10-11H2,1-5H3,(H2,19,20);6-9,14H,10-11H2,1-5H3,(H3,19,20);6-9,15H,10,12H2,1-5H3;4-7,13,18H,8,10H2,1-3H3,(H,17,19);4H2,1-3H3;1-2H3;6*1H4;1H;2H,1H2/t18-;2*14-;15-;13-;;;;;;;;;;/m00000........../s1. The lowest BCUT2D eigenvalue weighted by Crippen LogP contribution is -2.50. The number of oxime groups is 1. The molecule has 39 heteroatoms. The summed E-state index contributed by atoms with van der Waals surface area (Å²) in [6, 6.07) is 40.9. The predicted molar refractivity (Wildman–Crippen MR) is 583 cm³/mol. The number of rotatable bonds is 18. The number of hydrogen-bond donors (Lipinski definition) is 9. The van der Waals surface area contributed by atoms with E-state index in [1.54, 1.807) is 88.9 Å². The van der Waals surface area contributed by atoms with Crippen LogP contribution in [0.5, 0.6) is 0 Å². The number of Topliss-reactive ketones (excluding diaryl/α,β-unsaturated/α-hetero) is 1. The Kier molecular flexibility index (Phi) is 60.5. The molecular weight excluding hydrogens is 1980 g/mol. The maximum Gasteiger partial charge on any atom is 0.412 e. The number of aliphatic hydroxyl groups excluding tert-OH is 1. The molecule has 5 aromatic carbocycles. The van der Waals surface area contributed by atoms with Crippen LogP contribution in [-0.2, 0) is 104 Å². The van der Waals surface area contributed by atoms with Crippen LogP contribution in [0.4, 0.5) is 24.0 Å². The lowest BCUT2D eigenvalue weighted by Gasteiger charge is -2.35. The molecule has 0 bridgehead atoms. The van der Waals surface area contributed by atoms with E-state index in [0.29, 0.717) is 86.1 Å². The molecule has 828 valence electrons. The van der Waals surface area contributed by atoms with E-state index in [9.17, 15) is 42.3 Å². The van der Waals surface area contributed by atoms with Crippen molar-refractivity contribution in [3.05, 3.63) is 183 Å². The van der Waals surface area contributed by atoms with Crippen molar-refractivity contribution >= 4 is 86.7 Å². The number of aromatic amines is 1. The highest BCUT2D eigenvalue weighted by Gasteiger charge is 2.50. The summed E-state index contributed by atoms with van der Waals surface area (Å²) >= 11 is 3.10. The normalized spacial score (nSPS) is 16.9. The molecule has 0 unspecified atom stereocenters. The molecule has 5 heterocycles. The molecule has 0 spiro atoms. The predicted octanol–water partition coefficient (Wildman–Crippen LogP) is 21.4. The molecule has 0 saturated carbocycles. The number of nitrogen functional groups attached to an aromatic ring is 1. The smallest absolute Gasteiger partial charge is 0.412 e. The third-order valence-electron chi connectivity index (χ3n) is 20.7. The molecule has 146 heavy (non-hydrogen) atoms. The molecule has 4 aliphatic heterocycles. The molecule has 5 atom stereocenters. The monoisotopic (exact) mass is 2160 g/mol. The number of nitrogens with two attached hydrogens (primary N) is 3. The molecular formula is C107H178BrClN14O22S. The number of aromatic nitrogens is 2. The highest BCUT2D eigenvalue weighted by atomic mass is 79.9. The number of halogens is 2. The van der Waals surface area contributed by atoms with E-state index < -0.39 is 73.4 Å². The van der Waals surface area contributed by atoms with Gasteiger partial charge in [-0.2, -0.15) is 18.9 Å². The Morgan fingerprint density at radius 3 is 0.993 bits per heavy atom. The van der Waals surface area contributed by atoms with E-state index in [2.05, 4.69) is 102 Å². The minimum absolute atomic E-state index is 0. The Bertz CT molecular complexity index is 5170. The number of hydrogen-bond acceptors (Lipinski definition) is 28. The summed E-state index contributed by atoms with van der Waals surface area (Å²) in [4.78, 5) is 87.7. The van der Waals surface area contributed by atoms with Crippen LogP contribution in [0.2, 0.25) is 0 Å². The second kappa shape index (κ2) is 61.4. The van der Waals surface area contributed by atoms with Gasteiger partial charge in [-0.1, -0.05) is 204 Å². The number of amides is 5. The number of ketones is 1. The second-order valence-electron chi connectivity index (χ2n) is 42.1. The van der Waals surface area contributed by atoms with Crippen LogP contribution in [0.1, 0.15) is 301 Å². The molecule has 0 radical (unpaired) electrons. The molecule has 12 N–H and O–H groups in total. The number of H-pyrrole nitrogens is 1. The van der Waals surface area contributed by atoms with Crippen LogP contribution < -0.4 is 22.7 Å². The summed E-state index contributed by atoms with van der Waals surface area (Å²) in [5, 5.41) is 55.6. The zero-order chi connectivity index (χ0) is 106. The third-order valence-corrected chi connectivity index (χ3v) is 22.1. The number of amidine groups is 2. The summed E-state index contributed by atoms with van der Waals surface area (Å²) < 4.78 is 78.2. The van der Waals surface area contributed by atoms with Gasteiger partial charge in [0.1, 0.15) is 68.3 Å². The van der Waals surface area contributed by atoms with Gasteiger partial charge >= 0.3 is 40.9 Å². The maximum absolute atomic E-state index is 12.8. The van der Waals surface area contributed by atoms with Gasteiger partial charge < -0.3 is 79.9 Å². The number of carbonyl (C=O) groups is 6. The van der Waals surface area contributed by atoms with E-state index in [1.807, 2.05) is 220 Å². The number of alkyl halides is 1. The number of nitrogens with zero attached hydrogens (tertiary/aromatic N) is 8. The summed E-state index contributed by atoms with van der Waals surface area (Å²) in [7, 11) is -1.60. The molecule has 6 aromatic rings. The van der Waals surface area contributed by atoms with Gasteiger partial charge in [-0.05, 0) is 243 Å². The minimum Gasteiger partial charge on any atom is -0.444 e. The van der Waals surface area contributed by atoms with Crippen molar-refractivity contribution in [2.75, 3.05) is 52.6 Å². The van der Waals surface area contributed by atoms with Crippen molar-refractivity contribution in [3.8, 4) is 23.5 Å². The topological polar surface area (TPSA) is 514 Å². The van der Waals surface area contributed by atoms with Crippen LogP contribution in [-0.4, -0.2) is 235 Å². The fourth-order valence-electron chi connectivity index (χ4n) is 13.9. The van der Waals surface area contributed by atoms with Crippen molar-refractivity contribution in [1.29, 1.82) is 15.9 Å². The fraction of sp³-hybridized carbons (Fsp3) is 0.598. The van der Waals surface area contributed by atoms with Crippen molar-refractivity contribution in [2.45, 2.75) is 364 Å². The molecule has 36 nitrogen and oxygen atoms in total. The van der Waals surface area contributed by atoms with Crippen LogP contribution in [0.25, 0.3) is 11.4 Å². The molecule has 1 aromatic heterocycles.